The normalized spacial score (nSPS) is 11.5. The van der Waals surface area contributed by atoms with E-state index in [0.717, 1.165) is 27.8 Å². The molecule has 0 radical (unpaired) electrons. The summed E-state index contributed by atoms with van der Waals surface area (Å²) in [6.45, 7) is 6.78. The van der Waals surface area contributed by atoms with E-state index in [0.29, 0.717) is 41.7 Å². The lowest BCUT2D eigenvalue weighted by Gasteiger charge is -2.27. The molecule has 1 heterocycles. The maximum absolute atomic E-state index is 14.0. The zero-order valence-electron chi connectivity index (χ0n) is 27.6. The highest BCUT2D eigenvalue weighted by Crippen LogP contribution is 2.24. The van der Waals surface area contributed by atoms with E-state index in [-0.39, 0.29) is 25.1 Å². The van der Waals surface area contributed by atoms with Gasteiger partial charge in [-0.2, -0.15) is 4.98 Å². The Morgan fingerprint density at radius 1 is 0.917 bits per heavy atom. The quantitative estimate of drug-likeness (QED) is 0.152. The maximum atomic E-state index is 14.0. The van der Waals surface area contributed by atoms with Crippen LogP contribution >= 0.6 is 0 Å². The lowest BCUT2D eigenvalue weighted by atomic mass is 10.0. The highest BCUT2D eigenvalue weighted by atomic mass is 16.5. The summed E-state index contributed by atoms with van der Waals surface area (Å²) in [5.74, 6) is 0.552. The first kappa shape index (κ1) is 33.7. The van der Waals surface area contributed by atoms with E-state index in [4.69, 9.17) is 13.9 Å². The van der Waals surface area contributed by atoms with E-state index in [1.165, 1.54) is 0 Å². The molecule has 0 saturated heterocycles. The van der Waals surface area contributed by atoms with Crippen molar-refractivity contribution in [3.63, 3.8) is 0 Å². The van der Waals surface area contributed by atoms with Crippen molar-refractivity contribution in [3.05, 3.63) is 135 Å². The van der Waals surface area contributed by atoms with Gasteiger partial charge in [0, 0.05) is 26.1 Å². The van der Waals surface area contributed by atoms with Gasteiger partial charge in [0.15, 0.2) is 0 Å². The van der Waals surface area contributed by atoms with Gasteiger partial charge in [0.05, 0.1) is 18.0 Å². The van der Waals surface area contributed by atoms with Crippen LogP contribution in [-0.4, -0.2) is 41.6 Å². The van der Waals surface area contributed by atoms with Gasteiger partial charge in [-0.3, -0.25) is 4.79 Å². The summed E-state index contributed by atoms with van der Waals surface area (Å²) in [7, 11) is 1.60. The summed E-state index contributed by atoms with van der Waals surface area (Å²) in [4.78, 5) is 46.3. The fourth-order valence-corrected chi connectivity index (χ4v) is 5.53. The molecular formula is C38H40N4O6. The van der Waals surface area contributed by atoms with Gasteiger partial charge in [-0.15, -0.1) is 0 Å². The Labute approximate surface area is 279 Å². The van der Waals surface area contributed by atoms with Crippen LogP contribution in [0.2, 0.25) is 0 Å². The molecule has 0 aliphatic rings. The Morgan fingerprint density at radius 2 is 1.58 bits per heavy atom. The smallest absolute Gasteiger partial charge is 0.407 e. The molecule has 0 spiro atoms. The van der Waals surface area contributed by atoms with Crippen molar-refractivity contribution in [3.8, 4) is 5.75 Å². The number of anilines is 1. The molecule has 5 aromatic rings. The number of aromatic nitrogens is 1. The maximum Gasteiger partial charge on any atom is 0.407 e. The SMILES string of the molecule is CCN(Cc1ccccc1)C(=O)[C@H](Cc1ccc(OC)cc1)Nc1nc2c(C)cc(CNC(=O)OCc3ccccc3)c(C)c2c(=O)o1. The Kier molecular flexibility index (Phi) is 11.1. The highest BCUT2D eigenvalue weighted by Gasteiger charge is 2.26. The monoisotopic (exact) mass is 648 g/mol. The van der Waals surface area contributed by atoms with Crippen LogP contribution in [0.25, 0.3) is 10.9 Å². The molecule has 5 rings (SSSR count). The Bertz CT molecular complexity index is 1910. The number of methoxy groups -OCH3 is 1. The number of ether oxygens (including phenoxy) is 2. The van der Waals surface area contributed by atoms with Crippen molar-refractivity contribution in [2.24, 2.45) is 0 Å². The molecule has 0 unspecified atom stereocenters. The average molecular weight is 649 g/mol. The van der Waals surface area contributed by atoms with Gasteiger partial charge in [-0.05, 0) is 66.3 Å². The molecule has 0 aliphatic heterocycles. The Morgan fingerprint density at radius 3 is 2.23 bits per heavy atom. The van der Waals surface area contributed by atoms with E-state index in [9.17, 15) is 14.4 Å². The summed E-state index contributed by atoms with van der Waals surface area (Å²) in [5, 5.41) is 6.22. The van der Waals surface area contributed by atoms with Gasteiger partial charge in [0.1, 0.15) is 18.4 Å². The zero-order valence-corrected chi connectivity index (χ0v) is 27.6. The molecule has 0 bridgehead atoms. The van der Waals surface area contributed by atoms with Crippen molar-refractivity contribution < 1.29 is 23.5 Å². The van der Waals surface area contributed by atoms with E-state index >= 15 is 0 Å². The predicted octanol–water partition coefficient (Wildman–Crippen LogP) is 6.31. The second-order valence-electron chi connectivity index (χ2n) is 11.5. The Hall–Kier alpha value is -5.64. The molecule has 0 fully saturated rings. The van der Waals surface area contributed by atoms with Crippen LogP contribution in [0.15, 0.2) is 100 Å². The van der Waals surface area contributed by atoms with Crippen LogP contribution in [0.4, 0.5) is 10.8 Å². The number of nitrogens with zero attached hydrogens (tertiary/aromatic N) is 2. The van der Waals surface area contributed by atoms with Crippen LogP contribution in [0.1, 0.15) is 40.3 Å². The molecule has 0 saturated carbocycles. The minimum absolute atomic E-state index is 0.0482. The molecule has 48 heavy (non-hydrogen) atoms. The van der Waals surface area contributed by atoms with E-state index in [1.807, 2.05) is 105 Å². The number of rotatable bonds is 13. The van der Waals surface area contributed by atoms with Crippen molar-refractivity contribution in [2.75, 3.05) is 19.0 Å². The van der Waals surface area contributed by atoms with Gasteiger partial charge < -0.3 is 29.4 Å². The van der Waals surface area contributed by atoms with E-state index < -0.39 is 17.8 Å². The van der Waals surface area contributed by atoms with Crippen molar-refractivity contribution >= 4 is 28.9 Å². The first-order valence-corrected chi connectivity index (χ1v) is 15.9. The lowest BCUT2D eigenvalue weighted by Crippen LogP contribution is -2.44. The molecule has 2 N–H and O–H groups in total. The van der Waals surface area contributed by atoms with Crippen molar-refractivity contribution in [1.82, 2.24) is 15.2 Å². The predicted molar refractivity (Wildman–Crippen MR) is 185 cm³/mol. The van der Waals surface area contributed by atoms with Crippen LogP contribution in [0, 0.1) is 13.8 Å². The summed E-state index contributed by atoms with van der Waals surface area (Å²) in [5.41, 5.74) is 4.73. The number of fused-ring (bicyclic) bond motifs is 1. The van der Waals surface area contributed by atoms with Gasteiger partial charge in [-0.1, -0.05) is 78.9 Å². The van der Waals surface area contributed by atoms with Crippen molar-refractivity contribution in [1.29, 1.82) is 0 Å². The molecule has 0 aliphatic carbocycles. The van der Waals surface area contributed by atoms with Gasteiger partial charge >= 0.3 is 11.7 Å². The summed E-state index contributed by atoms with van der Waals surface area (Å²) in [6.07, 6.45) is -0.248. The molecule has 10 heteroatoms. The minimum Gasteiger partial charge on any atom is -0.497 e. The summed E-state index contributed by atoms with van der Waals surface area (Å²) < 4.78 is 16.3. The third-order valence-electron chi connectivity index (χ3n) is 8.20. The van der Waals surface area contributed by atoms with Crippen LogP contribution in [0.5, 0.6) is 5.75 Å². The third kappa shape index (κ3) is 8.38. The first-order valence-electron chi connectivity index (χ1n) is 15.9. The molecule has 2 amide bonds. The molecule has 1 aromatic heterocycles. The van der Waals surface area contributed by atoms with Crippen molar-refractivity contribution in [2.45, 2.75) is 52.9 Å². The zero-order chi connectivity index (χ0) is 34.0. The number of alkyl carbamates (subject to hydrolysis) is 1. The van der Waals surface area contributed by atoms with Gasteiger partial charge in [0.25, 0.3) is 6.01 Å². The standard InChI is InChI=1S/C38H40N4O6/c1-5-42(23-28-12-8-6-9-13-28)35(43)32(21-27-16-18-31(46-4)19-17-27)40-37-41-34-25(2)20-30(26(3)33(34)36(44)48-37)22-39-38(45)47-24-29-14-10-7-11-15-29/h6-20,32H,5,21-24H2,1-4H3,(H,39,45)(H,40,41)/t32-/m0/s1. The number of hydrogen-bond acceptors (Lipinski definition) is 8. The largest absolute Gasteiger partial charge is 0.497 e. The number of nitrogens with one attached hydrogen (secondary N) is 2. The minimum atomic E-state index is -0.776. The second kappa shape index (κ2) is 15.8. The second-order valence-corrected chi connectivity index (χ2v) is 11.5. The van der Waals surface area contributed by atoms with Crippen LogP contribution in [0.3, 0.4) is 0 Å². The van der Waals surface area contributed by atoms with Gasteiger partial charge in [-0.25, -0.2) is 9.59 Å². The third-order valence-corrected chi connectivity index (χ3v) is 8.20. The van der Waals surface area contributed by atoms with Gasteiger partial charge in [0.2, 0.25) is 5.91 Å². The fraction of sp³-hybridized carbons (Fsp3) is 0.263. The molecule has 4 aromatic carbocycles. The molecule has 1 atom stereocenters. The topological polar surface area (TPSA) is 123 Å². The number of likely N-dealkylation sites (N-methyl/N-ethyl adjacent to an activating group) is 1. The summed E-state index contributed by atoms with van der Waals surface area (Å²) in [6, 6.07) is 27.7. The van der Waals surface area contributed by atoms with Crippen LogP contribution in [-0.2, 0) is 35.6 Å². The highest BCUT2D eigenvalue weighted by molar-refractivity contribution is 5.87. The van der Waals surface area contributed by atoms with E-state index in [2.05, 4.69) is 15.6 Å². The number of carbonyl (C=O) groups excluding carboxylic acids is 2. The lowest BCUT2D eigenvalue weighted by molar-refractivity contribution is -0.132. The number of benzene rings is 4. The number of carbonyl (C=O) groups is 2. The number of hydrogen-bond donors (Lipinski definition) is 2. The number of amides is 2. The number of aryl methyl sites for hydroxylation is 2. The summed E-state index contributed by atoms with van der Waals surface area (Å²) >= 11 is 0. The molecular weight excluding hydrogens is 608 g/mol. The van der Waals surface area contributed by atoms with Crippen LogP contribution < -0.4 is 21.0 Å². The Balaban J connectivity index is 1.38. The fourth-order valence-electron chi connectivity index (χ4n) is 5.53. The first-order chi connectivity index (χ1) is 23.2. The molecule has 248 valence electrons. The molecule has 10 nitrogen and oxygen atoms in total. The average Bonchev–Trinajstić information content (AvgIpc) is 3.11. The van der Waals surface area contributed by atoms with E-state index in [1.54, 1.807) is 18.9 Å².